The maximum absolute atomic E-state index is 12.7. The molecule has 0 aliphatic heterocycles. The molecule has 0 saturated heterocycles. The largest absolute Gasteiger partial charge is 0.497 e. The van der Waals surface area contributed by atoms with E-state index in [0.717, 1.165) is 5.56 Å². The smallest absolute Gasteiger partial charge is 0.258 e. The number of carbonyl (C=O) groups excluding carboxylic acids is 2. The zero-order chi connectivity index (χ0) is 22.7. The van der Waals surface area contributed by atoms with Crippen LogP contribution < -0.4 is 19.5 Å². The Morgan fingerprint density at radius 1 is 0.969 bits per heavy atom. The number of hydrogen-bond acceptors (Lipinski definition) is 7. The van der Waals surface area contributed by atoms with E-state index in [9.17, 15) is 9.59 Å². The Kier molecular flexibility index (Phi) is 6.02. The average molecular weight is 433 g/mol. The minimum absolute atomic E-state index is 0.0286. The van der Waals surface area contributed by atoms with Gasteiger partial charge >= 0.3 is 0 Å². The number of carbonyl (C=O) groups is 2. The van der Waals surface area contributed by atoms with E-state index < -0.39 is 0 Å². The molecule has 1 atom stereocenters. The second kappa shape index (κ2) is 9.05. The molecule has 32 heavy (non-hydrogen) atoms. The van der Waals surface area contributed by atoms with Crippen LogP contribution in [0, 0.1) is 0 Å². The Hall–Kier alpha value is -3.94. The van der Waals surface area contributed by atoms with Gasteiger partial charge in [-0.3, -0.25) is 14.9 Å². The monoisotopic (exact) mass is 433 g/mol. The number of benzene rings is 2. The first-order chi connectivity index (χ1) is 15.5. The van der Waals surface area contributed by atoms with Gasteiger partial charge in [0.2, 0.25) is 5.95 Å². The fourth-order valence-electron chi connectivity index (χ4n) is 3.76. The number of methoxy groups -OCH3 is 3. The molecule has 1 unspecified atom stereocenters. The summed E-state index contributed by atoms with van der Waals surface area (Å²) in [5.41, 5.74) is 2.51. The van der Waals surface area contributed by atoms with Gasteiger partial charge < -0.3 is 14.2 Å². The first-order valence-corrected chi connectivity index (χ1v) is 10.1. The molecule has 1 heterocycles. The Labute approximate surface area is 185 Å². The van der Waals surface area contributed by atoms with Crippen molar-refractivity contribution < 1.29 is 23.8 Å². The molecule has 3 aromatic rings. The van der Waals surface area contributed by atoms with Gasteiger partial charge in [0, 0.05) is 18.2 Å². The van der Waals surface area contributed by atoms with Crippen molar-refractivity contribution in [2.45, 2.75) is 18.8 Å². The number of rotatable bonds is 6. The van der Waals surface area contributed by atoms with Crippen LogP contribution in [-0.4, -0.2) is 43.0 Å². The number of hydrogen-bond donors (Lipinski definition) is 1. The normalized spacial score (nSPS) is 15.0. The Bertz CT molecular complexity index is 1160. The molecule has 0 bridgehead atoms. The van der Waals surface area contributed by atoms with Gasteiger partial charge in [0.05, 0.1) is 32.6 Å². The lowest BCUT2D eigenvalue weighted by atomic mass is 9.82. The summed E-state index contributed by atoms with van der Waals surface area (Å²) in [5.74, 6) is 1.62. The number of ether oxygens (including phenoxy) is 3. The molecule has 8 nitrogen and oxygen atoms in total. The highest BCUT2D eigenvalue weighted by Gasteiger charge is 2.29. The van der Waals surface area contributed by atoms with Crippen LogP contribution in [0.4, 0.5) is 5.95 Å². The van der Waals surface area contributed by atoms with Crippen LogP contribution in [0.2, 0.25) is 0 Å². The third-order valence-corrected chi connectivity index (χ3v) is 5.50. The van der Waals surface area contributed by atoms with Crippen LogP contribution in [0.25, 0.3) is 0 Å². The molecule has 1 N–H and O–H groups in total. The Morgan fingerprint density at radius 3 is 2.41 bits per heavy atom. The van der Waals surface area contributed by atoms with E-state index in [1.165, 1.54) is 6.20 Å². The van der Waals surface area contributed by atoms with Crippen molar-refractivity contribution in [2.75, 3.05) is 26.6 Å². The van der Waals surface area contributed by atoms with Gasteiger partial charge in [-0.1, -0.05) is 6.07 Å². The van der Waals surface area contributed by atoms with Crippen molar-refractivity contribution >= 4 is 17.6 Å². The number of Topliss-reactive ketones (excluding diaryl/α,β-unsaturated/α-hetero) is 1. The van der Waals surface area contributed by atoms with Crippen molar-refractivity contribution in [3.63, 3.8) is 0 Å². The molecular weight excluding hydrogens is 410 g/mol. The highest BCUT2D eigenvalue weighted by atomic mass is 16.5. The van der Waals surface area contributed by atoms with E-state index in [1.54, 1.807) is 45.6 Å². The van der Waals surface area contributed by atoms with E-state index in [0.29, 0.717) is 46.9 Å². The standard InChI is InChI=1S/C24H23N3O5/c1-30-17-7-4-14(5-8-17)23(29)27-24-25-13-18-19(26-24)10-16(11-20(18)28)15-6-9-21(31-2)22(12-15)32-3/h4-9,12-13,16H,10-11H2,1-3H3,(H,25,26,27,29). The molecule has 0 saturated carbocycles. The number of nitrogens with zero attached hydrogens (tertiary/aromatic N) is 2. The molecule has 2 aromatic carbocycles. The summed E-state index contributed by atoms with van der Waals surface area (Å²) in [6.45, 7) is 0. The highest BCUT2D eigenvalue weighted by molar-refractivity contribution is 6.03. The third-order valence-electron chi connectivity index (χ3n) is 5.50. The minimum Gasteiger partial charge on any atom is -0.497 e. The maximum Gasteiger partial charge on any atom is 0.258 e. The SMILES string of the molecule is COc1ccc(C(=O)Nc2ncc3c(n2)CC(c2ccc(OC)c(OC)c2)CC3=O)cc1. The second-order valence-corrected chi connectivity index (χ2v) is 7.38. The van der Waals surface area contributed by atoms with Crippen LogP contribution in [0.5, 0.6) is 17.2 Å². The topological polar surface area (TPSA) is 99.6 Å². The zero-order valence-electron chi connectivity index (χ0n) is 18.0. The van der Waals surface area contributed by atoms with E-state index in [-0.39, 0.29) is 23.6 Å². The predicted molar refractivity (Wildman–Crippen MR) is 118 cm³/mol. The van der Waals surface area contributed by atoms with E-state index in [2.05, 4.69) is 15.3 Å². The minimum atomic E-state index is -0.342. The molecule has 8 heteroatoms. The van der Waals surface area contributed by atoms with Crippen molar-refractivity contribution in [3.8, 4) is 17.2 Å². The van der Waals surface area contributed by atoms with Gasteiger partial charge in [-0.2, -0.15) is 0 Å². The molecule has 0 spiro atoms. The predicted octanol–water partition coefficient (Wildman–Crippen LogP) is 3.67. The summed E-state index contributed by atoms with van der Waals surface area (Å²) >= 11 is 0. The van der Waals surface area contributed by atoms with E-state index in [1.807, 2.05) is 18.2 Å². The van der Waals surface area contributed by atoms with Crippen LogP contribution in [0.3, 0.4) is 0 Å². The lowest BCUT2D eigenvalue weighted by Gasteiger charge is -2.24. The molecule has 1 amide bonds. The number of ketones is 1. The molecule has 1 aliphatic rings. The van der Waals surface area contributed by atoms with Crippen molar-refractivity contribution in [1.29, 1.82) is 0 Å². The second-order valence-electron chi connectivity index (χ2n) is 7.38. The quantitative estimate of drug-likeness (QED) is 0.633. The lowest BCUT2D eigenvalue weighted by Crippen LogP contribution is -2.22. The number of aromatic nitrogens is 2. The molecule has 0 fully saturated rings. The van der Waals surface area contributed by atoms with Crippen molar-refractivity contribution in [2.24, 2.45) is 0 Å². The van der Waals surface area contributed by atoms with Gasteiger partial charge in [-0.05, 0) is 54.3 Å². The summed E-state index contributed by atoms with van der Waals surface area (Å²) in [6.07, 6.45) is 2.38. The summed E-state index contributed by atoms with van der Waals surface area (Å²) < 4.78 is 15.8. The van der Waals surface area contributed by atoms with Crippen LogP contribution in [0.1, 0.15) is 44.3 Å². The number of nitrogens with one attached hydrogen (secondary N) is 1. The summed E-state index contributed by atoms with van der Waals surface area (Å²) in [5, 5.41) is 2.70. The van der Waals surface area contributed by atoms with Gasteiger partial charge in [0.15, 0.2) is 17.3 Å². The Morgan fingerprint density at radius 2 is 1.72 bits per heavy atom. The van der Waals surface area contributed by atoms with Gasteiger partial charge in [-0.25, -0.2) is 9.97 Å². The van der Waals surface area contributed by atoms with Crippen molar-refractivity contribution in [3.05, 3.63) is 71.0 Å². The number of amides is 1. The maximum atomic E-state index is 12.7. The summed E-state index contributed by atoms with van der Waals surface area (Å²) in [7, 11) is 4.72. The number of fused-ring (bicyclic) bond motifs is 1. The van der Waals surface area contributed by atoms with Crippen LogP contribution >= 0.6 is 0 Å². The molecule has 1 aromatic heterocycles. The van der Waals surface area contributed by atoms with Crippen molar-refractivity contribution in [1.82, 2.24) is 9.97 Å². The first-order valence-electron chi connectivity index (χ1n) is 10.1. The molecule has 164 valence electrons. The highest BCUT2D eigenvalue weighted by Crippen LogP contribution is 2.36. The van der Waals surface area contributed by atoms with Gasteiger partial charge in [0.25, 0.3) is 5.91 Å². The van der Waals surface area contributed by atoms with Gasteiger partial charge in [-0.15, -0.1) is 0 Å². The lowest BCUT2D eigenvalue weighted by molar-refractivity contribution is 0.0962. The molecular formula is C24H23N3O5. The zero-order valence-corrected chi connectivity index (χ0v) is 18.0. The third kappa shape index (κ3) is 4.25. The molecule has 0 radical (unpaired) electrons. The molecule has 1 aliphatic carbocycles. The van der Waals surface area contributed by atoms with Gasteiger partial charge in [0.1, 0.15) is 5.75 Å². The Balaban J connectivity index is 1.55. The summed E-state index contributed by atoms with van der Waals surface area (Å²) in [6, 6.07) is 12.4. The van der Waals surface area contributed by atoms with Crippen LogP contribution in [0.15, 0.2) is 48.7 Å². The fraction of sp³-hybridized carbons (Fsp3) is 0.250. The first kappa shape index (κ1) is 21.3. The summed E-state index contributed by atoms with van der Waals surface area (Å²) in [4.78, 5) is 33.9. The number of anilines is 1. The van der Waals surface area contributed by atoms with E-state index in [4.69, 9.17) is 14.2 Å². The van der Waals surface area contributed by atoms with E-state index >= 15 is 0 Å². The average Bonchev–Trinajstić information content (AvgIpc) is 2.83. The fourth-order valence-corrected chi connectivity index (χ4v) is 3.76. The molecule has 4 rings (SSSR count). The van der Waals surface area contributed by atoms with Crippen LogP contribution in [-0.2, 0) is 6.42 Å².